The molecule has 1 nitrogen and oxygen atoms in total. The van der Waals surface area contributed by atoms with Gasteiger partial charge in [0.25, 0.3) is 0 Å². The van der Waals surface area contributed by atoms with Gasteiger partial charge in [-0.25, -0.2) is 0 Å². The number of fused-ring (bicyclic) bond motifs is 2. The van der Waals surface area contributed by atoms with Crippen LogP contribution in [0.4, 0.5) is 0 Å². The molecule has 1 atom stereocenters. The van der Waals surface area contributed by atoms with Gasteiger partial charge in [0.1, 0.15) is 5.78 Å². The van der Waals surface area contributed by atoms with Gasteiger partial charge >= 0.3 is 0 Å². The Morgan fingerprint density at radius 3 is 2.04 bits per heavy atom. The van der Waals surface area contributed by atoms with Crippen molar-refractivity contribution in [1.82, 2.24) is 0 Å². The molecule has 0 amide bonds. The first-order valence-electron chi connectivity index (χ1n) is 9.77. The van der Waals surface area contributed by atoms with Gasteiger partial charge in [-0.15, -0.1) is 0 Å². The number of rotatable bonds is 2. The van der Waals surface area contributed by atoms with E-state index in [1.54, 1.807) is 0 Å². The highest BCUT2D eigenvalue weighted by Crippen LogP contribution is 2.58. The predicted molar refractivity (Wildman–Crippen MR) is 110 cm³/mol. The summed E-state index contributed by atoms with van der Waals surface area (Å²) >= 11 is 0. The van der Waals surface area contributed by atoms with Gasteiger partial charge < -0.3 is 0 Å². The van der Waals surface area contributed by atoms with Crippen molar-refractivity contribution in [3.05, 3.63) is 107 Å². The summed E-state index contributed by atoms with van der Waals surface area (Å²) in [5, 5.41) is 0. The number of benzene rings is 3. The highest BCUT2D eigenvalue weighted by atomic mass is 16.1. The Hall–Kier alpha value is -2.93. The number of hydrogen-bond donors (Lipinski definition) is 0. The second-order valence-electron chi connectivity index (χ2n) is 7.68. The standard InChI is InChI=1S/C26H22O/c27-21-14-9-17-26(18-21)23-16-8-7-15-22(23)24(19-10-3-1-4-11-19)25(26)20-12-5-2-6-13-20/h1-8,10-13,15-16H,9,14,17-18H2. The fourth-order valence-electron chi connectivity index (χ4n) is 5.10. The number of carbonyl (C=O) groups is 1. The van der Waals surface area contributed by atoms with Crippen molar-refractivity contribution in [2.45, 2.75) is 31.1 Å². The third kappa shape index (κ3) is 2.49. The van der Waals surface area contributed by atoms with Crippen LogP contribution in [0.1, 0.15) is 47.9 Å². The topological polar surface area (TPSA) is 17.1 Å². The van der Waals surface area contributed by atoms with E-state index < -0.39 is 0 Å². The van der Waals surface area contributed by atoms with E-state index >= 15 is 0 Å². The largest absolute Gasteiger partial charge is 0.300 e. The van der Waals surface area contributed by atoms with Crippen LogP contribution in [0.3, 0.4) is 0 Å². The Labute approximate surface area is 160 Å². The average Bonchev–Trinajstić information content (AvgIpc) is 2.99. The molecule has 3 aromatic rings. The van der Waals surface area contributed by atoms with E-state index in [2.05, 4.69) is 84.9 Å². The molecule has 1 fully saturated rings. The second kappa shape index (κ2) is 6.35. The van der Waals surface area contributed by atoms with Gasteiger partial charge in [0.15, 0.2) is 0 Å². The first kappa shape index (κ1) is 16.3. The van der Waals surface area contributed by atoms with E-state index in [1.165, 1.54) is 33.4 Å². The molecule has 1 unspecified atom stereocenters. The van der Waals surface area contributed by atoms with Crippen LogP contribution in [-0.4, -0.2) is 5.78 Å². The van der Waals surface area contributed by atoms with Crippen LogP contribution in [0.25, 0.3) is 11.1 Å². The lowest BCUT2D eigenvalue weighted by atomic mass is 9.65. The smallest absolute Gasteiger partial charge is 0.134 e. The van der Waals surface area contributed by atoms with Crippen LogP contribution >= 0.6 is 0 Å². The van der Waals surface area contributed by atoms with Gasteiger partial charge in [0.05, 0.1) is 0 Å². The van der Waals surface area contributed by atoms with Gasteiger partial charge in [-0.05, 0) is 46.2 Å². The first-order valence-corrected chi connectivity index (χ1v) is 9.77. The van der Waals surface area contributed by atoms with Gasteiger partial charge in [0.2, 0.25) is 0 Å². The highest BCUT2D eigenvalue weighted by Gasteiger charge is 2.48. The summed E-state index contributed by atoms with van der Waals surface area (Å²) in [6.07, 6.45) is 3.33. The van der Waals surface area contributed by atoms with Crippen LogP contribution in [0.2, 0.25) is 0 Å². The number of carbonyl (C=O) groups excluding carboxylic acids is 1. The van der Waals surface area contributed by atoms with E-state index in [1.807, 2.05) is 0 Å². The number of Topliss-reactive ketones (excluding diaryl/α,β-unsaturated/α-hetero) is 1. The third-order valence-electron chi connectivity index (χ3n) is 6.12. The monoisotopic (exact) mass is 350 g/mol. The van der Waals surface area contributed by atoms with Crippen LogP contribution in [0.15, 0.2) is 84.9 Å². The summed E-state index contributed by atoms with van der Waals surface area (Å²) in [5.41, 5.74) is 7.53. The number of hydrogen-bond acceptors (Lipinski definition) is 1. The molecule has 0 heterocycles. The molecule has 3 aromatic carbocycles. The van der Waals surface area contributed by atoms with Crippen molar-refractivity contribution < 1.29 is 4.79 Å². The summed E-state index contributed by atoms with van der Waals surface area (Å²) < 4.78 is 0. The SMILES string of the molecule is O=C1CCCC2(C1)C(c1ccccc1)=C(c1ccccc1)c1ccccc12. The van der Waals surface area contributed by atoms with E-state index in [4.69, 9.17) is 0 Å². The third-order valence-corrected chi connectivity index (χ3v) is 6.12. The van der Waals surface area contributed by atoms with Crippen molar-refractivity contribution in [1.29, 1.82) is 0 Å². The van der Waals surface area contributed by atoms with E-state index in [9.17, 15) is 4.79 Å². The molecular formula is C26H22O. The zero-order chi connectivity index (χ0) is 18.3. The maximum atomic E-state index is 12.6. The summed E-state index contributed by atoms with van der Waals surface area (Å²) in [6.45, 7) is 0. The lowest BCUT2D eigenvalue weighted by molar-refractivity contribution is -0.121. The molecule has 2 aliphatic rings. The fraction of sp³-hybridized carbons (Fsp3) is 0.192. The summed E-state index contributed by atoms with van der Waals surface area (Å²) in [7, 11) is 0. The Kier molecular flexibility index (Phi) is 3.82. The molecular weight excluding hydrogens is 328 g/mol. The molecule has 0 radical (unpaired) electrons. The fourth-order valence-corrected chi connectivity index (χ4v) is 5.10. The number of allylic oxidation sites excluding steroid dienone is 1. The second-order valence-corrected chi connectivity index (χ2v) is 7.68. The molecule has 132 valence electrons. The van der Waals surface area contributed by atoms with Gasteiger partial charge in [0, 0.05) is 18.3 Å². The Bertz CT molecular complexity index is 1030. The lowest BCUT2D eigenvalue weighted by Crippen LogP contribution is -2.33. The molecule has 0 N–H and O–H groups in total. The van der Waals surface area contributed by atoms with Crippen molar-refractivity contribution >= 4 is 16.9 Å². The summed E-state index contributed by atoms with van der Waals surface area (Å²) in [5.74, 6) is 0.388. The molecule has 1 spiro atoms. The van der Waals surface area contributed by atoms with Crippen LogP contribution in [0, 0.1) is 0 Å². The van der Waals surface area contributed by atoms with Crippen LogP contribution in [0.5, 0.6) is 0 Å². The van der Waals surface area contributed by atoms with Gasteiger partial charge in [-0.3, -0.25) is 4.79 Å². The van der Waals surface area contributed by atoms with E-state index in [0.29, 0.717) is 18.6 Å². The molecule has 5 rings (SSSR count). The van der Waals surface area contributed by atoms with E-state index in [-0.39, 0.29) is 5.41 Å². The molecule has 27 heavy (non-hydrogen) atoms. The molecule has 0 aromatic heterocycles. The maximum Gasteiger partial charge on any atom is 0.134 e. The van der Waals surface area contributed by atoms with Gasteiger partial charge in [-0.2, -0.15) is 0 Å². The van der Waals surface area contributed by atoms with Gasteiger partial charge in [-0.1, -0.05) is 84.9 Å². The van der Waals surface area contributed by atoms with Crippen molar-refractivity contribution in [3.63, 3.8) is 0 Å². The minimum absolute atomic E-state index is 0.196. The Balaban J connectivity index is 1.87. The molecule has 0 bridgehead atoms. The van der Waals surface area contributed by atoms with E-state index in [0.717, 1.165) is 12.8 Å². The molecule has 0 aliphatic heterocycles. The quantitative estimate of drug-likeness (QED) is 0.550. The van der Waals surface area contributed by atoms with Crippen LogP contribution in [-0.2, 0) is 10.2 Å². The number of ketones is 1. The molecule has 0 saturated heterocycles. The Morgan fingerprint density at radius 2 is 1.33 bits per heavy atom. The zero-order valence-electron chi connectivity index (χ0n) is 15.3. The molecule has 2 aliphatic carbocycles. The summed E-state index contributed by atoms with van der Waals surface area (Å²) in [4.78, 5) is 12.6. The minimum atomic E-state index is -0.196. The minimum Gasteiger partial charge on any atom is -0.300 e. The van der Waals surface area contributed by atoms with Crippen molar-refractivity contribution in [2.24, 2.45) is 0 Å². The molecule has 1 saturated carbocycles. The molecule has 1 heteroatoms. The van der Waals surface area contributed by atoms with Crippen molar-refractivity contribution in [3.8, 4) is 0 Å². The normalized spacial score (nSPS) is 21.6. The zero-order valence-corrected chi connectivity index (χ0v) is 15.3. The maximum absolute atomic E-state index is 12.6. The van der Waals surface area contributed by atoms with Crippen molar-refractivity contribution in [2.75, 3.05) is 0 Å². The van der Waals surface area contributed by atoms with Crippen LogP contribution < -0.4 is 0 Å². The Morgan fingerprint density at radius 1 is 0.704 bits per heavy atom. The predicted octanol–water partition coefficient (Wildman–Crippen LogP) is 6.04. The summed E-state index contributed by atoms with van der Waals surface area (Å²) in [6, 6.07) is 30.0. The lowest BCUT2D eigenvalue weighted by Gasteiger charge is -2.37. The average molecular weight is 350 g/mol. The highest BCUT2D eigenvalue weighted by molar-refractivity contribution is 6.09. The first-order chi connectivity index (χ1) is 13.3.